The average Bonchev–Trinajstić information content (AvgIpc) is 2.68. The summed E-state index contributed by atoms with van der Waals surface area (Å²) >= 11 is 0. The van der Waals surface area contributed by atoms with Crippen LogP contribution >= 0.6 is 0 Å². The van der Waals surface area contributed by atoms with Gasteiger partial charge < -0.3 is 9.94 Å². The second kappa shape index (κ2) is 5.77. The van der Waals surface area contributed by atoms with Crippen LogP contribution in [0.4, 0.5) is 0 Å². The lowest BCUT2D eigenvalue weighted by Crippen LogP contribution is -3.16. The molecule has 1 aromatic carbocycles. The first-order valence-corrected chi connectivity index (χ1v) is 6.64. The molecule has 1 unspecified atom stereocenters. The van der Waals surface area contributed by atoms with E-state index >= 15 is 0 Å². The molecule has 0 amide bonds. The van der Waals surface area contributed by atoms with Gasteiger partial charge in [0.2, 0.25) is 11.6 Å². The Morgan fingerprint density at radius 1 is 1.33 bits per heavy atom. The predicted molar refractivity (Wildman–Crippen MR) is 74.0 cm³/mol. The summed E-state index contributed by atoms with van der Waals surface area (Å²) in [7, 11) is 0. The van der Waals surface area contributed by atoms with E-state index in [-0.39, 0.29) is 17.5 Å². The first-order valence-electron chi connectivity index (χ1n) is 6.64. The highest BCUT2D eigenvalue weighted by molar-refractivity contribution is 6.31. The molecule has 0 spiro atoms. The van der Waals surface area contributed by atoms with Gasteiger partial charge in [-0.05, 0) is 19.4 Å². The summed E-state index contributed by atoms with van der Waals surface area (Å²) in [5, 5.41) is 19.8. The standard InChI is InChI=1S/C15H17NO5/c1-3-21-9-10(2)8-15(16(19)20)13(17)11-6-4-5-7-12(11)14(15)18/h4-7,9,16,19H,3,8H2,1-2H3/b10-9+. The van der Waals surface area contributed by atoms with Crippen LogP contribution in [0.15, 0.2) is 36.1 Å². The number of carbonyl (C=O) groups excluding carboxylic acids is 2. The van der Waals surface area contributed by atoms with Crippen LogP contribution in [0.25, 0.3) is 0 Å². The van der Waals surface area contributed by atoms with Gasteiger partial charge in [0.25, 0.3) is 5.54 Å². The summed E-state index contributed by atoms with van der Waals surface area (Å²) in [6.07, 6.45) is 1.21. The molecule has 112 valence electrons. The molecule has 6 nitrogen and oxygen atoms in total. The van der Waals surface area contributed by atoms with Crippen molar-refractivity contribution in [3.63, 3.8) is 0 Å². The number of hydrogen-bond donors (Lipinski definition) is 2. The third-order valence-corrected chi connectivity index (χ3v) is 3.55. The highest BCUT2D eigenvalue weighted by Crippen LogP contribution is 2.32. The number of carbonyl (C=O) groups is 2. The second-order valence-corrected chi connectivity index (χ2v) is 5.01. The fourth-order valence-corrected chi connectivity index (χ4v) is 2.56. The number of Topliss-reactive ketones (excluding diaryl/α,β-unsaturated/α-hetero) is 2. The Bertz CT molecular complexity index is 571. The molecular weight excluding hydrogens is 274 g/mol. The number of hydrogen-bond acceptors (Lipinski definition) is 5. The number of ketones is 2. The molecule has 0 heterocycles. The van der Waals surface area contributed by atoms with E-state index in [1.54, 1.807) is 26.0 Å². The topological polar surface area (TPSA) is 91.1 Å². The van der Waals surface area contributed by atoms with Gasteiger partial charge in [-0.25, -0.2) is 10.4 Å². The minimum absolute atomic E-state index is 0.175. The Hall–Kier alpha value is -2.02. The molecule has 0 fully saturated rings. The van der Waals surface area contributed by atoms with Crippen LogP contribution in [0.3, 0.4) is 0 Å². The Kier molecular flexibility index (Phi) is 4.22. The Balaban J connectivity index is 2.46. The molecule has 1 aliphatic rings. The molecule has 0 aliphatic heterocycles. The molecule has 0 radical (unpaired) electrons. The lowest BCUT2D eigenvalue weighted by Gasteiger charge is -2.31. The Morgan fingerprint density at radius 2 is 1.86 bits per heavy atom. The molecule has 21 heavy (non-hydrogen) atoms. The Morgan fingerprint density at radius 3 is 2.29 bits per heavy atom. The van der Waals surface area contributed by atoms with Crippen LogP contribution in [0.5, 0.6) is 0 Å². The molecule has 1 atom stereocenters. The number of ether oxygens (including phenoxy) is 1. The fourth-order valence-electron chi connectivity index (χ4n) is 2.56. The highest BCUT2D eigenvalue weighted by atomic mass is 16.8. The lowest BCUT2D eigenvalue weighted by molar-refractivity contribution is -1.07. The highest BCUT2D eigenvalue weighted by Gasteiger charge is 2.59. The molecular formula is C15H17NO5. The fraction of sp³-hybridized carbons (Fsp3) is 0.333. The zero-order valence-electron chi connectivity index (χ0n) is 11.9. The van der Waals surface area contributed by atoms with Crippen LogP contribution in [-0.2, 0) is 4.74 Å². The lowest BCUT2D eigenvalue weighted by atomic mass is 9.87. The van der Waals surface area contributed by atoms with Crippen molar-refractivity contribution in [2.75, 3.05) is 6.61 Å². The van der Waals surface area contributed by atoms with E-state index in [0.717, 1.165) is 0 Å². The molecule has 0 saturated heterocycles. The van der Waals surface area contributed by atoms with Gasteiger partial charge in [0.1, 0.15) is 0 Å². The summed E-state index contributed by atoms with van der Waals surface area (Å²) in [4.78, 5) is 25.0. The van der Waals surface area contributed by atoms with Crippen molar-refractivity contribution in [2.45, 2.75) is 25.8 Å². The molecule has 6 heteroatoms. The van der Waals surface area contributed by atoms with Crippen LogP contribution in [-0.4, -0.2) is 28.9 Å². The number of quaternary nitrogens is 1. The van der Waals surface area contributed by atoms with Crippen molar-refractivity contribution in [1.29, 1.82) is 0 Å². The summed E-state index contributed by atoms with van der Waals surface area (Å²) in [5.74, 6) is -1.31. The first-order chi connectivity index (χ1) is 9.95. The molecule has 0 saturated carbocycles. The van der Waals surface area contributed by atoms with E-state index in [9.17, 15) is 20.0 Å². The van der Waals surface area contributed by atoms with Gasteiger partial charge in [0.15, 0.2) is 0 Å². The van der Waals surface area contributed by atoms with E-state index in [0.29, 0.717) is 12.2 Å². The summed E-state index contributed by atoms with van der Waals surface area (Å²) in [5.41, 5.74) is -1.18. The van der Waals surface area contributed by atoms with Crippen molar-refractivity contribution < 1.29 is 24.8 Å². The van der Waals surface area contributed by atoms with Crippen molar-refractivity contribution in [2.24, 2.45) is 0 Å². The quantitative estimate of drug-likeness (QED) is 0.478. The molecule has 2 rings (SSSR count). The van der Waals surface area contributed by atoms with Gasteiger partial charge in [0, 0.05) is 17.5 Å². The normalized spacial score (nSPS) is 18.6. The van der Waals surface area contributed by atoms with E-state index in [2.05, 4.69) is 0 Å². The summed E-state index contributed by atoms with van der Waals surface area (Å²) in [6, 6.07) is 6.21. The summed E-state index contributed by atoms with van der Waals surface area (Å²) in [6.45, 7) is 3.86. The molecule has 0 bridgehead atoms. The van der Waals surface area contributed by atoms with Gasteiger partial charge in [-0.2, -0.15) is 0 Å². The number of nitrogens with one attached hydrogen (secondary N) is 1. The third-order valence-electron chi connectivity index (χ3n) is 3.55. The van der Waals surface area contributed by atoms with Gasteiger partial charge in [-0.1, -0.05) is 24.3 Å². The van der Waals surface area contributed by atoms with Gasteiger partial charge >= 0.3 is 0 Å². The molecule has 0 aromatic heterocycles. The smallest absolute Gasteiger partial charge is 0.257 e. The zero-order valence-corrected chi connectivity index (χ0v) is 11.9. The number of benzene rings is 1. The number of hydroxylamine groups is 2. The number of rotatable bonds is 5. The van der Waals surface area contributed by atoms with Crippen LogP contribution < -0.4 is 5.23 Å². The van der Waals surface area contributed by atoms with Crippen LogP contribution in [0.2, 0.25) is 0 Å². The van der Waals surface area contributed by atoms with Crippen LogP contribution in [0.1, 0.15) is 41.0 Å². The van der Waals surface area contributed by atoms with Gasteiger partial charge in [-0.3, -0.25) is 9.59 Å². The largest absolute Gasteiger partial charge is 0.599 e. The van der Waals surface area contributed by atoms with Crippen LogP contribution in [0, 0.1) is 5.21 Å². The van der Waals surface area contributed by atoms with E-state index in [4.69, 9.17) is 4.74 Å². The minimum Gasteiger partial charge on any atom is -0.599 e. The molecule has 2 N–H and O–H groups in total. The minimum atomic E-state index is -2.07. The predicted octanol–water partition coefficient (Wildman–Crippen LogP) is 0.907. The maximum Gasteiger partial charge on any atom is 0.257 e. The monoisotopic (exact) mass is 291 g/mol. The zero-order chi connectivity index (χ0) is 15.6. The van der Waals surface area contributed by atoms with E-state index in [1.807, 2.05) is 0 Å². The van der Waals surface area contributed by atoms with Gasteiger partial charge in [-0.15, -0.1) is 0 Å². The maximum atomic E-state index is 12.5. The van der Waals surface area contributed by atoms with Crippen molar-refractivity contribution in [1.82, 2.24) is 0 Å². The Labute approximate surface area is 122 Å². The van der Waals surface area contributed by atoms with Gasteiger partial charge in [0.05, 0.1) is 12.9 Å². The van der Waals surface area contributed by atoms with Crippen molar-refractivity contribution in [3.8, 4) is 0 Å². The van der Waals surface area contributed by atoms with E-state index in [1.165, 1.54) is 18.4 Å². The SMILES string of the molecule is CCO/C=C(\C)CC1([NH+]([O-])O)C(=O)c2ccccc2C1=O. The second-order valence-electron chi connectivity index (χ2n) is 5.01. The molecule has 1 aliphatic carbocycles. The average molecular weight is 291 g/mol. The third kappa shape index (κ3) is 2.37. The van der Waals surface area contributed by atoms with E-state index < -0.39 is 22.3 Å². The van der Waals surface area contributed by atoms with Crippen molar-refractivity contribution in [3.05, 3.63) is 52.4 Å². The van der Waals surface area contributed by atoms with Crippen molar-refractivity contribution >= 4 is 11.6 Å². The first kappa shape index (κ1) is 15.4. The maximum absolute atomic E-state index is 12.5. The molecule has 1 aromatic rings. The summed E-state index contributed by atoms with van der Waals surface area (Å²) < 4.78 is 5.10. The number of fused-ring (bicyclic) bond motifs is 1.